The predicted molar refractivity (Wildman–Crippen MR) is 116 cm³/mol. The molecule has 1 amide bonds. The number of thioether (sulfide) groups is 1. The maximum absolute atomic E-state index is 13.2. The first kappa shape index (κ1) is 20.3. The summed E-state index contributed by atoms with van der Waals surface area (Å²) in [5, 5.41) is 2.93. The van der Waals surface area contributed by atoms with Crippen LogP contribution in [0.3, 0.4) is 0 Å². The van der Waals surface area contributed by atoms with Gasteiger partial charge in [-0.15, -0.1) is 11.8 Å². The van der Waals surface area contributed by atoms with E-state index in [9.17, 15) is 13.2 Å². The number of sulfonamides is 1. The van der Waals surface area contributed by atoms with Crippen LogP contribution in [-0.2, 0) is 14.8 Å². The van der Waals surface area contributed by atoms with Crippen molar-refractivity contribution in [3.8, 4) is 0 Å². The van der Waals surface area contributed by atoms with E-state index in [1.54, 1.807) is 30.0 Å². The molecule has 1 saturated heterocycles. The Bertz CT molecular complexity index is 1150. The van der Waals surface area contributed by atoms with Gasteiger partial charge in [-0.05, 0) is 49.4 Å². The SMILES string of the molecule is CSc1cccc(NC(=O)C2CCCN(S(=O)(=O)c3cccc4nsnc34)C2)c1. The van der Waals surface area contributed by atoms with Crippen LogP contribution in [0.5, 0.6) is 0 Å². The quantitative estimate of drug-likeness (QED) is 0.601. The van der Waals surface area contributed by atoms with Crippen LogP contribution in [0.4, 0.5) is 5.69 Å². The molecule has 0 saturated carbocycles. The van der Waals surface area contributed by atoms with Gasteiger partial charge in [-0.3, -0.25) is 4.79 Å². The molecule has 0 radical (unpaired) electrons. The summed E-state index contributed by atoms with van der Waals surface area (Å²) in [5.41, 5.74) is 1.68. The maximum atomic E-state index is 13.2. The number of carbonyl (C=O) groups is 1. The largest absolute Gasteiger partial charge is 0.326 e. The highest BCUT2D eigenvalue weighted by atomic mass is 32.2. The molecule has 0 spiro atoms. The second-order valence-corrected chi connectivity index (χ2v) is 10.1. The zero-order chi connectivity index (χ0) is 20.4. The molecule has 1 atom stereocenters. The fraction of sp³-hybridized carbons (Fsp3) is 0.316. The molecule has 10 heteroatoms. The van der Waals surface area contributed by atoms with Crippen LogP contribution in [0.2, 0.25) is 0 Å². The van der Waals surface area contributed by atoms with Crippen molar-refractivity contribution in [1.29, 1.82) is 0 Å². The highest BCUT2D eigenvalue weighted by Crippen LogP contribution is 2.29. The van der Waals surface area contributed by atoms with Crippen LogP contribution in [0.15, 0.2) is 52.3 Å². The maximum Gasteiger partial charge on any atom is 0.245 e. The van der Waals surface area contributed by atoms with Crippen molar-refractivity contribution in [3.63, 3.8) is 0 Å². The van der Waals surface area contributed by atoms with E-state index in [0.29, 0.717) is 30.4 Å². The fourth-order valence-electron chi connectivity index (χ4n) is 3.45. The van der Waals surface area contributed by atoms with Gasteiger partial charge in [0.2, 0.25) is 15.9 Å². The molecule has 0 bridgehead atoms. The third-order valence-electron chi connectivity index (χ3n) is 4.96. The van der Waals surface area contributed by atoms with Crippen LogP contribution >= 0.6 is 23.5 Å². The summed E-state index contributed by atoms with van der Waals surface area (Å²) in [6.07, 6.45) is 3.26. The van der Waals surface area contributed by atoms with Gasteiger partial charge in [-0.2, -0.15) is 13.1 Å². The van der Waals surface area contributed by atoms with Crippen molar-refractivity contribution in [1.82, 2.24) is 13.1 Å². The molecule has 1 aliphatic heterocycles. The van der Waals surface area contributed by atoms with Gasteiger partial charge in [-0.1, -0.05) is 12.1 Å². The molecule has 3 aromatic rings. The first-order chi connectivity index (χ1) is 14.0. The molecule has 4 rings (SSSR count). The van der Waals surface area contributed by atoms with Crippen LogP contribution in [-0.4, -0.2) is 46.7 Å². The Morgan fingerprint density at radius 1 is 1.24 bits per heavy atom. The van der Waals surface area contributed by atoms with Gasteiger partial charge in [0.05, 0.1) is 17.6 Å². The Morgan fingerprint density at radius 3 is 2.90 bits per heavy atom. The summed E-state index contributed by atoms with van der Waals surface area (Å²) in [6.45, 7) is 0.548. The number of piperidine rings is 1. The van der Waals surface area contributed by atoms with Crippen molar-refractivity contribution >= 4 is 56.1 Å². The fourth-order valence-corrected chi connectivity index (χ4v) is 6.18. The summed E-state index contributed by atoms with van der Waals surface area (Å²) >= 11 is 2.59. The van der Waals surface area contributed by atoms with Crippen molar-refractivity contribution in [3.05, 3.63) is 42.5 Å². The minimum absolute atomic E-state index is 0.150. The van der Waals surface area contributed by atoms with E-state index >= 15 is 0 Å². The summed E-state index contributed by atoms with van der Waals surface area (Å²) < 4.78 is 36.1. The van der Waals surface area contributed by atoms with E-state index in [2.05, 4.69) is 14.1 Å². The highest BCUT2D eigenvalue weighted by molar-refractivity contribution is 7.98. The molecule has 1 aromatic heterocycles. The Balaban J connectivity index is 1.53. The number of fused-ring (bicyclic) bond motifs is 1. The minimum Gasteiger partial charge on any atom is -0.326 e. The number of nitrogens with zero attached hydrogens (tertiary/aromatic N) is 3. The monoisotopic (exact) mass is 448 g/mol. The average Bonchev–Trinajstić information content (AvgIpc) is 3.22. The van der Waals surface area contributed by atoms with Crippen LogP contribution in [0.25, 0.3) is 11.0 Å². The van der Waals surface area contributed by atoms with Gasteiger partial charge < -0.3 is 5.32 Å². The first-order valence-corrected chi connectivity index (χ1v) is 12.5. The van der Waals surface area contributed by atoms with Gasteiger partial charge in [0.25, 0.3) is 0 Å². The van der Waals surface area contributed by atoms with Gasteiger partial charge in [0.15, 0.2) is 0 Å². The molecule has 2 heterocycles. The number of hydrogen-bond acceptors (Lipinski definition) is 7. The summed E-state index contributed by atoms with van der Waals surface area (Å²) in [6, 6.07) is 12.6. The molecule has 1 aliphatic rings. The van der Waals surface area contributed by atoms with E-state index in [-0.39, 0.29) is 17.3 Å². The lowest BCUT2D eigenvalue weighted by atomic mass is 9.99. The Morgan fingerprint density at radius 2 is 2.07 bits per heavy atom. The third-order valence-corrected chi connectivity index (χ3v) is 8.12. The lowest BCUT2D eigenvalue weighted by molar-refractivity contribution is -0.120. The molecule has 2 aromatic carbocycles. The first-order valence-electron chi connectivity index (χ1n) is 9.15. The Labute approximate surface area is 177 Å². The smallest absolute Gasteiger partial charge is 0.245 e. The van der Waals surface area contributed by atoms with Gasteiger partial charge >= 0.3 is 0 Å². The predicted octanol–water partition coefficient (Wildman–Crippen LogP) is 3.45. The average molecular weight is 449 g/mol. The third kappa shape index (κ3) is 4.16. The number of amides is 1. The van der Waals surface area contributed by atoms with E-state index < -0.39 is 15.9 Å². The number of carbonyl (C=O) groups excluding carboxylic acids is 1. The number of benzene rings is 2. The zero-order valence-corrected chi connectivity index (χ0v) is 18.2. The summed E-state index contributed by atoms with van der Waals surface area (Å²) in [5.74, 6) is -0.555. The molecule has 152 valence electrons. The standard InChI is InChI=1S/C19H20N4O3S3/c1-27-15-7-2-6-14(11-15)20-19(24)13-5-4-10-23(12-13)29(25,26)17-9-3-8-16-18(17)22-28-21-16/h2-3,6-9,11,13H,4-5,10,12H2,1H3,(H,20,24). The lowest BCUT2D eigenvalue weighted by Crippen LogP contribution is -2.43. The highest BCUT2D eigenvalue weighted by Gasteiger charge is 2.34. The molecule has 29 heavy (non-hydrogen) atoms. The normalized spacial score (nSPS) is 18.0. The second kappa shape index (κ2) is 8.39. The van der Waals surface area contributed by atoms with Crippen LogP contribution < -0.4 is 5.32 Å². The van der Waals surface area contributed by atoms with Crippen molar-refractivity contribution in [2.45, 2.75) is 22.6 Å². The molecule has 1 unspecified atom stereocenters. The van der Waals surface area contributed by atoms with Gasteiger partial charge in [-0.25, -0.2) is 8.42 Å². The van der Waals surface area contributed by atoms with Gasteiger partial charge in [0.1, 0.15) is 15.9 Å². The van der Waals surface area contributed by atoms with Crippen molar-refractivity contribution in [2.75, 3.05) is 24.7 Å². The molecular weight excluding hydrogens is 428 g/mol. The lowest BCUT2D eigenvalue weighted by Gasteiger charge is -2.31. The second-order valence-electron chi connectivity index (χ2n) is 6.81. The van der Waals surface area contributed by atoms with E-state index in [1.165, 1.54) is 4.31 Å². The minimum atomic E-state index is -3.75. The van der Waals surface area contributed by atoms with Crippen LogP contribution in [0, 0.1) is 5.92 Å². The molecule has 1 N–H and O–H groups in total. The summed E-state index contributed by atoms with van der Waals surface area (Å²) in [4.78, 5) is 14.0. The number of rotatable bonds is 5. The zero-order valence-electron chi connectivity index (χ0n) is 15.7. The van der Waals surface area contributed by atoms with Crippen molar-refractivity contribution < 1.29 is 13.2 Å². The van der Waals surface area contributed by atoms with Gasteiger partial charge in [0, 0.05) is 23.7 Å². The van der Waals surface area contributed by atoms with E-state index in [4.69, 9.17) is 0 Å². The van der Waals surface area contributed by atoms with Crippen molar-refractivity contribution in [2.24, 2.45) is 5.92 Å². The number of aromatic nitrogens is 2. The molecular formula is C19H20N4O3S3. The number of nitrogens with one attached hydrogen (secondary N) is 1. The molecule has 1 fully saturated rings. The van der Waals surface area contributed by atoms with E-state index in [0.717, 1.165) is 22.3 Å². The number of hydrogen-bond donors (Lipinski definition) is 1. The number of anilines is 1. The Hall–Kier alpha value is -2.01. The van der Waals surface area contributed by atoms with Crippen LogP contribution in [0.1, 0.15) is 12.8 Å². The molecule has 7 nitrogen and oxygen atoms in total. The van der Waals surface area contributed by atoms with E-state index in [1.807, 2.05) is 30.5 Å². The topological polar surface area (TPSA) is 92.3 Å². The molecule has 0 aliphatic carbocycles. The Kier molecular flexibility index (Phi) is 5.86. The summed E-state index contributed by atoms with van der Waals surface area (Å²) in [7, 11) is -3.75.